The van der Waals surface area contributed by atoms with E-state index in [2.05, 4.69) is 17.3 Å². The van der Waals surface area contributed by atoms with E-state index in [1.807, 2.05) is 0 Å². The van der Waals surface area contributed by atoms with Gasteiger partial charge < -0.3 is 10.2 Å². The van der Waals surface area contributed by atoms with E-state index in [1.54, 1.807) is 0 Å². The maximum absolute atomic E-state index is 3.65. The molecule has 0 radical (unpaired) electrons. The fourth-order valence-corrected chi connectivity index (χ4v) is 3.23. The van der Waals surface area contributed by atoms with Crippen LogP contribution >= 0.6 is 24.8 Å². The number of nitrogens with one attached hydrogen (secondary N) is 1. The molecule has 2 aliphatic rings. The van der Waals surface area contributed by atoms with Crippen LogP contribution in [0.3, 0.4) is 0 Å². The van der Waals surface area contributed by atoms with Crippen molar-refractivity contribution in [1.29, 1.82) is 0 Å². The minimum Gasteiger partial charge on any atom is -0.314 e. The molecule has 0 amide bonds. The van der Waals surface area contributed by atoms with E-state index in [1.165, 1.54) is 70.9 Å². The first-order valence-electron chi connectivity index (χ1n) is 7.30. The Bertz CT molecular complexity index is 190. The third-order valence-corrected chi connectivity index (χ3v) is 4.44. The molecule has 2 fully saturated rings. The van der Waals surface area contributed by atoms with Crippen LogP contribution in [-0.4, -0.2) is 37.1 Å². The highest BCUT2D eigenvalue weighted by molar-refractivity contribution is 5.85. The Morgan fingerprint density at radius 1 is 0.944 bits per heavy atom. The zero-order valence-electron chi connectivity index (χ0n) is 11.7. The second kappa shape index (κ2) is 10.3. The van der Waals surface area contributed by atoms with Crippen molar-refractivity contribution in [2.45, 2.75) is 69.9 Å². The van der Waals surface area contributed by atoms with Crippen LogP contribution in [0.4, 0.5) is 0 Å². The van der Waals surface area contributed by atoms with Gasteiger partial charge in [-0.2, -0.15) is 0 Å². The second-order valence-corrected chi connectivity index (χ2v) is 5.71. The van der Waals surface area contributed by atoms with E-state index in [4.69, 9.17) is 0 Å². The molecule has 1 atom stereocenters. The molecule has 4 heteroatoms. The van der Waals surface area contributed by atoms with Crippen molar-refractivity contribution in [1.82, 2.24) is 10.2 Å². The summed E-state index contributed by atoms with van der Waals surface area (Å²) in [6.07, 6.45) is 12.8. The number of hydrogen-bond donors (Lipinski definition) is 1. The third-order valence-electron chi connectivity index (χ3n) is 4.44. The molecule has 1 unspecified atom stereocenters. The molecule has 0 bridgehead atoms. The van der Waals surface area contributed by atoms with Crippen molar-refractivity contribution in [3.05, 3.63) is 0 Å². The monoisotopic (exact) mass is 296 g/mol. The summed E-state index contributed by atoms with van der Waals surface area (Å²) >= 11 is 0. The molecular formula is C14H30Cl2N2. The Morgan fingerprint density at radius 3 is 2.22 bits per heavy atom. The predicted molar refractivity (Wildman–Crippen MR) is 84.3 cm³/mol. The van der Waals surface area contributed by atoms with Gasteiger partial charge in [0, 0.05) is 12.1 Å². The fourth-order valence-electron chi connectivity index (χ4n) is 3.23. The van der Waals surface area contributed by atoms with Crippen molar-refractivity contribution in [3.63, 3.8) is 0 Å². The van der Waals surface area contributed by atoms with Crippen LogP contribution in [-0.2, 0) is 0 Å². The summed E-state index contributed by atoms with van der Waals surface area (Å²) in [6, 6.07) is 1.69. The van der Waals surface area contributed by atoms with Crippen LogP contribution in [0, 0.1) is 0 Å². The molecule has 1 aliphatic carbocycles. The van der Waals surface area contributed by atoms with Gasteiger partial charge in [0.15, 0.2) is 0 Å². The molecule has 1 saturated heterocycles. The first-order chi connectivity index (χ1) is 7.86. The van der Waals surface area contributed by atoms with Crippen molar-refractivity contribution in [3.8, 4) is 0 Å². The predicted octanol–water partition coefficient (Wildman–Crippen LogP) is 3.63. The lowest BCUT2D eigenvalue weighted by atomic mass is 9.94. The molecule has 0 aromatic rings. The first kappa shape index (κ1) is 18.5. The quantitative estimate of drug-likeness (QED) is 0.852. The van der Waals surface area contributed by atoms with Gasteiger partial charge in [-0.25, -0.2) is 0 Å². The van der Waals surface area contributed by atoms with Crippen LogP contribution in [0.25, 0.3) is 0 Å². The maximum Gasteiger partial charge on any atom is 0.00922 e. The summed E-state index contributed by atoms with van der Waals surface area (Å²) in [6.45, 7) is 2.54. The minimum atomic E-state index is 0. The standard InChI is InChI=1S/C14H28N2.2ClH/c1-16(14-8-3-2-4-9-14)12-10-13-7-5-6-11-15-13;;/h13-15H,2-12H2,1H3;2*1H. The zero-order chi connectivity index (χ0) is 11.2. The molecule has 1 aliphatic heterocycles. The number of rotatable bonds is 4. The van der Waals surface area contributed by atoms with Crippen molar-refractivity contribution in [2.75, 3.05) is 20.1 Å². The molecule has 2 rings (SSSR count). The third kappa shape index (κ3) is 6.10. The minimum absolute atomic E-state index is 0. The lowest BCUT2D eigenvalue weighted by Gasteiger charge is -2.33. The van der Waals surface area contributed by atoms with E-state index < -0.39 is 0 Å². The average molecular weight is 297 g/mol. The van der Waals surface area contributed by atoms with Gasteiger partial charge in [0.25, 0.3) is 0 Å². The molecule has 1 N–H and O–H groups in total. The van der Waals surface area contributed by atoms with Crippen LogP contribution in [0.1, 0.15) is 57.8 Å². The summed E-state index contributed by atoms with van der Waals surface area (Å²) in [4.78, 5) is 2.62. The summed E-state index contributed by atoms with van der Waals surface area (Å²) in [5, 5.41) is 3.65. The van der Waals surface area contributed by atoms with Crippen LogP contribution in [0.2, 0.25) is 0 Å². The van der Waals surface area contributed by atoms with E-state index >= 15 is 0 Å². The highest BCUT2D eigenvalue weighted by Gasteiger charge is 2.19. The maximum atomic E-state index is 3.65. The highest BCUT2D eigenvalue weighted by Crippen LogP contribution is 2.22. The van der Waals surface area contributed by atoms with E-state index in [9.17, 15) is 0 Å². The Balaban J connectivity index is 0.00000144. The molecule has 18 heavy (non-hydrogen) atoms. The lowest BCUT2D eigenvalue weighted by Crippen LogP contribution is -2.40. The molecule has 0 spiro atoms. The fraction of sp³-hybridized carbons (Fsp3) is 1.00. The Kier molecular flexibility index (Phi) is 10.6. The van der Waals surface area contributed by atoms with Crippen LogP contribution in [0.15, 0.2) is 0 Å². The van der Waals surface area contributed by atoms with E-state index in [-0.39, 0.29) is 24.8 Å². The zero-order valence-corrected chi connectivity index (χ0v) is 13.3. The van der Waals surface area contributed by atoms with Crippen LogP contribution in [0.5, 0.6) is 0 Å². The Labute approximate surface area is 125 Å². The number of hydrogen-bond acceptors (Lipinski definition) is 2. The van der Waals surface area contributed by atoms with Gasteiger partial charge in [0.1, 0.15) is 0 Å². The Morgan fingerprint density at radius 2 is 1.61 bits per heavy atom. The summed E-state index contributed by atoms with van der Waals surface area (Å²) in [5.41, 5.74) is 0. The van der Waals surface area contributed by atoms with E-state index in [0.29, 0.717) is 0 Å². The largest absolute Gasteiger partial charge is 0.314 e. The second-order valence-electron chi connectivity index (χ2n) is 5.71. The average Bonchev–Trinajstić information content (AvgIpc) is 2.38. The summed E-state index contributed by atoms with van der Waals surface area (Å²) in [7, 11) is 2.33. The highest BCUT2D eigenvalue weighted by atomic mass is 35.5. The number of halogens is 2. The number of piperidine rings is 1. The van der Waals surface area contributed by atoms with Gasteiger partial charge >= 0.3 is 0 Å². The number of nitrogens with zero attached hydrogens (tertiary/aromatic N) is 1. The van der Waals surface area contributed by atoms with Crippen molar-refractivity contribution in [2.24, 2.45) is 0 Å². The topological polar surface area (TPSA) is 15.3 Å². The summed E-state index contributed by atoms with van der Waals surface area (Å²) < 4.78 is 0. The van der Waals surface area contributed by atoms with Gasteiger partial charge in [0.05, 0.1) is 0 Å². The van der Waals surface area contributed by atoms with Gasteiger partial charge in [0.2, 0.25) is 0 Å². The van der Waals surface area contributed by atoms with Gasteiger partial charge in [-0.3, -0.25) is 0 Å². The normalized spacial score (nSPS) is 25.3. The van der Waals surface area contributed by atoms with E-state index in [0.717, 1.165) is 12.1 Å². The molecule has 110 valence electrons. The molecule has 1 saturated carbocycles. The lowest BCUT2D eigenvalue weighted by molar-refractivity contribution is 0.180. The molecule has 2 nitrogen and oxygen atoms in total. The smallest absolute Gasteiger partial charge is 0.00922 e. The van der Waals surface area contributed by atoms with Crippen molar-refractivity contribution < 1.29 is 0 Å². The Hall–Kier alpha value is 0.500. The SMILES string of the molecule is CN(CCC1CCCCN1)C1CCCCC1.Cl.Cl. The summed E-state index contributed by atoms with van der Waals surface area (Å²) in [5.74, 6) is 0. The van der Waals surface area contributed by atoms with Gasteiger partial charge in [-0.15, -0.1) is 24.8 Å². The van der Waals surface area contributed by atoms with Gasteiger partial charge in [-0.1, -0.05) is 25.7 Å². The van der Waals surface area contributed by atoms with Gasteiger partial charge in [-0.05, 0) is 52.2 Å². The molecule has 1 heterocycles. The molecular weight excluding hydrogens is 267 g/mol. The molecule has 0 aromatic carbocycles. The molecule has 0 aromatic heterocycles. The van der Waals surface area contributed by atoms with Crippen LogP contribution < -0.4 is 5.32 Å². The first-order valence-corrected chi connectivity index (χ1v) is 7.30. The van der Waals surface area contributed by atoms with Crippen molar-refractivity contribution >= 4 is 24.8 Å².